The first-order valence-corrected chi connectivity index (χ1v) is 16.1. The fourth-order valence-electron chi connectivity index (χ4n) is 4.05. The maximum absolute atomic E-state index is 13.9. The smallest absolute Gasteiger partial charge is 0.258 e. The van der Waals surface area contributed by atoms with Gasteiger partial charge in [-0.05, 0) is 51.3 Å². The quantitative estimate of drug-likeness (QED) is 0.511. The number of likely N-dealkylation sites (N-methyl/N-ethyl adjacent to an activating group) is 1. The Hall–Kier alpha value is -1.93. The van der Waals surface area contributed by atoms with E-state index in [9.17, 15) is 26.7 Å². The average molecular weight is 564 g/mol. The molecule has 13 heteroatoms. The Morgan fingerprint density at radius 2 is 1.86 bits per heavy atom. The summed E-state index contributed by atoms with van der Waals surface area (Å²) in [5.74, 6) is -0.410. The van der Waals surface area contributed by atoms with Gasteiger partial charge in [0.05, 0.1) is 42.9 Å². The van der Waals surface area contributed by atoms with E-state index in [2.05, 4.69) is 4.72 Å². The van der Waals surface area contributed by atoms with Crippen LogP contribution in [0.15, 0.2) is 18.2 Å². The lowest BCUT2D eigenvalue weighted by Gasteiger charge is -2.35. The molecule has 1 aliphatic heterocycles. The van der Waals surface area contributed by atoms with Crippen LogP contribution in [0.2, 0.25) is 0 Å². The van der Waals surface area contributed by atoms with E-state index in [0.29, 0.717) is 18.8 Å². The fraction of sp³-hybridized carbons (Fsp3) is 0.708. The lowest BCUT2D eigenvalue weighted by Crippen LogP contribution is -2.47. The number of anilines is 1. The summed E-state index contributed by atoms with van der Waals surface area (Å²) < 4.78 is 63.6. The average Bonchev–Trinajstić information content (AvgIpc) is 2.79. The zero-order chi connectivity index (χ0) is 28.0. The summed E-state index contributed by atoms with van der Waals surface area (Å²) in [7, 11) is -5.53. The number of nitrogens with zero attached hydrogens (tertiary/aromatic N) is 2. The normalized spacial score (nSPS) is 23.6. The molecule has 0 spiro atoms. The van der Waals surface area contributed by atoms with Crippen molar-refractivity contribution in [1.29, 1.82) is 0 Å². The van der Waals surface area contributed by atoms with E-state index in [-0.39, 0.29) is 43.0 Å². The number of carbonyl (C=O) groups excluding carboxylic acids is 1. The summed E-state index contributed by atoms with van der Waals surface area (Å²) in [6.45, 7) is 5.88. The highest BCUT2D eigenvalue weighted by Crippen LogP contribution is 2.28. The van der Waals surface area contributed by atoms with Gasteiger partial charge < -0.3 is 19.5 Å². The molecule has 0 aromatic heterocycles. The molecule has 1 aromatic rings. The molecule has 11 nitrogen and oxygen atoms in total. The third kappa shape index (κ3) is 9.71. The minimum absolute atomic E-state index is 0.119. The van der Waals surface area contributed by atoms with E-state index in [1.54, 1.807) is 13.0 Å². The number of fused-ring (bicyclic) bond motifs is 1. The molecule has 0 bridgehead atoms. The van der Waals surface area contributed by atoms with Crippen LogP contribution in [0.25, 0.3) is 0 Å². The number of rotatable bonds is 7. The largest absolute Gasteiger partial charge is 0.490 e. The van der Waals surface area contributed by atoms with Gasteiger partial charge in [-0.1, -0.05) is 6.92 Å². The second kappa shape index (κ2) is 13.2. The minimum atomic E-state index is -3.58. The Morgan fingerprint density at radius 3 is 2.46 bits per heavy atom. The number of amides is 1. The Bertz CT molecular complexity index is 1130. The molecule has 1 heterocycles. The maximum Gasteiger partial charge on any atom is 0.258 e. The Kier molecular flexibility index (Phi) is 11.2. The van der Waals surface area contributed by atoms with E-state index in [4.69, 9.17) is 9.47 Å². The monoisotopic (exact) mass is 563 g/mol. The van der Waals surface area contributed by atoms with Gasteiger partial charge in [-0.2, -0.15) is 0 Å². The lowest BCUT2D eigenvalue weighted by molar-refractivity contribution is -0.00828. The highest BCUT2D eigenvalue weighted by atomic mass is 32.2. The van der Waals surface area contributed by atoms with Gasteiger partial charge in [0, 0.05) is 38.3 Å². The SMILES string of the molecule is C[C@H](CO)N1C[C@H](C)[C@@H](CN(C)S(C)(=O)=O)OCCCC[C@H](C)Oc2ccc(NS(C)(=O)=O)cc2C1=O. The topological polar surface area (TPSA) is 143 Å². The van der Waals surface area contributed by atoms with Crippen molar-refractivity contribution in [3.8, 4) is 5.75 Å². The number of nitrogens with one attached hydrogen (secondary N) is 1. The molecule has 1 aliphatic rings. The number of sulfonamides is 2. The van der Waals surface area contributed by atoms with Crippen LogP contribution in [0.3, 0.4) is 0 Å². The molecule has 0 saturated heterocycles. The van der Waals surface area contributed by atoms with Crippen molar-refractivity contribution in [1.82, 2.24) is 9.21 Å². The van der Waals surface area contributed by atoms with Crippen LogP contribution in [0, 0.1) is 5.92 Å². The van der Waals surface area contributed by atoms with Gasteiger partial charge in [0.1, 0.15) is 5.75 Å². The van der Waals surface area contributed by atoms with E-state index in [1.807, 2.05) is 13.8 Å². The molecule has 1 amide bonds. The van der Waals surface area contributed by atoms with Crippen LogP contribution in [0.5, 0.6) is 5.75 Å². The predicted molar refractivity (Wildman–Crippen MR) is 143 cm³/mol. The summed E-state index contributed by atoms with van der Waals surface area (Å²) in [5.41, 5.74) is 0.378. The van der Waals surface area contributed by atoms with Crippen molar-refractivity contribution in [2.24, 2.45) is 5.92 Å². The number of aliphatic hydroxyl groups is 1. The first-order chi connectivity index (χ1) is 17.1. The van der Waals surface area contributed by atoms with Crippen LogP contribution >= 0.6 is 0 Å². The standard InChI is InChI=1S/C24H41N3O8S2/c1-17-14-27(18(2)16-28)24(29)21-13-20(25-36(5,30)31)10-11-22(21)35-19(3)9-7-8-12-34-23(17)15-26(4)37(6,32)33/h10-11,13,17-19,23,25,28H,7-9,12,14-16H2,1-6H3/t17-,18+,19-,23+/m0/s1. The third-order valence-electron chi connectivity index (χ3n) is 6.36. The molecule has 37 heavy (non-hydrogen) atoms. The molecule has 1 aromatic carbocycles. The summed E-state index contributed by atoms with van der Waals surface area (Å²) in [5, 5.41) is 9.94. The Labute approximate surface area is 221 Å². The van der Waals surface area contributed by atoms with E-state index >= 15 is 0 Å². The van der Waals surface area contributed by atoms with Gasteiger partial charge in [-0.15, -0.1) is 0 Å². The summed E-state index contributed by atoms with van der Waals surface area (Å²) in [6, 6.07) is 3.97. The zero-order valence-corrected chi connectivity index (χ0v) is 24.1. The molecule has 0 unspecified atom stereocenters. The summed E-state index contributed by atoms with van der Waals surface area (Å²) >= 11 is 0. The predicted octanol–water partition coefficient (Wildman–Crippen LogP) is 1.75. The third-order valence-corrected chi connectivity index (χ3v) is 8.25. The number of aliphatic hydroxyl groups excluding tert-OH is 1. The van der Waals surface area contributed by atoms with Crippen molar-refractivity contribution < 1.29 is 36.2 Å². The molecule has 0 aliphatic carbocycles. The van der Waals surface area contributed by atoms with Gasteiger partial charge in [-0.3, -0.25) is 9.52 Å². The molecule has 212 valence electrons. The van der Waals surface area contributed by atoms with Crippen molar-refractivity contribution >= 4 is 31.6 Å². The number of carbonyl (C=O) groups is 1. The first-order valence-electron chi connectivity index (χ1n) is 12.4. The minimum Gasteiger partial charge on any atom is -0.490 e. The van der Waals surface area contributed by atoms with E-state index in [0.717, 1.165) is 25.4 Å². The van der Waals surface area contributed by atoms with Gasteiger partial charge in [0.2, 0.25) is 20.0 Å². The molecule has 0 radical (unpaired) electrons. The van der Waals surface area contributed by atoms with Crippen LogP contribution in [0.1, 0.15) is 50.4 Å². The maximum atomic E-state index is 13.9. The highest BCUT2D eigenvalue weighted by molar-refractivity contribution is 7.92. The van der Waals surface area contributed by atoms with Gasteiger partial charge in [0.15, 0.2) is 0 Å². The first kappa shape index (κ1) is 31.3. The Morgan fingerprint density at radius 1 is 1.19 bits per heavy atom. The molecule has 0 saturated carbocycles. The summed E-state index contributed by atoms with van der Waals surface area (Å²) in [6.07, 6.45) is 3.68. The second-order valence-electron chi connectivity index (χ2n) is 9.93. The molecule has 2 rings (SSSR count). The molecule has 0 fully saturated rings. The van der Waals surface area contributed by atoms with E-state index in [1.165, 1.54) is 28.4 Å². The van der Waals surface area contributed by atoms with Gasteiger partial charge in [0.25, 0.3) is 5.91 Å². The van der Waals surface area contributed by atoms with Crippen LogP contribution in [-0.2, 0) is 24.8 Å². The van der Waals surface area contributed by atoms with Crippen LogP contribution in [-0.4, -0.2) is 101 Å². The highest BCUT2D eigenvalue weighted by Gasteiger charge is 2.31. The van der Waals surface area contributed by atoms with Crippen LogP contribution in [0.4, 0.5) is 5.69 Å². The van der Waals surface area contributed by atoms with Crippen LogP contribution < -0.4 is 9.46 Å². The lowest BCUT2D eigenvalue weighted by atomic mass is 10.0. The van der Waals surface area contributed by atoms with Crippen molar-refractivity contribution in [2.75, 3.05) is 50.6 Å². The molecule has 4 atom stereocenters. The summed E-state index contributed by atoms with van der Waals surface area (Å²) in [4.78, 5) is 15.4. The molecular weight excluding hydrogens is 522 g/mol. The van der Waals surface area contributed by atoms with Crippen molar-refractivity contribution in [3.63, 3.8) is 0 Å². The zero-order valence-electron chi connectivity index (χ0n) is 22.5. The van der Waals surface area contributed by atoms with E-state index < -0.39 is 38.1 Å². The number of benzene rings is 1. The number of hydrogen-bond acceptors (Lipinski definition) is 8. The second-order valence-corrected chi connectivity index (χ2v) is 13.8. The van der Waals surface area contributed by atoms with Crippen molar-refractivity contribution in [2.45, 2.75) is 58.3 Å². The number of ether oxygens (including phenoxy) is 2. The number of hydrogen-bond donors (Lipinski definition) is 2. The van der Waals surface area contributed by atoms with Gasteiger partial charge in [-0.25, -0.2) is 21.1 Å². The molecular formula is C24H41N3O8S2. The van der Waals surface area contributed by atoms with Crippen molar-refractivity contribution in [3.05, 3.63) is 23.8 Å². The Balaban J connectivity index is 2.52. The fourth-order valence-corrected chi connectivity index (χ4v) is 5.02. The van der Waals surface area contributed by atoms with Gasteiger partial charge >= 0.3 is 0 Å². The molecule has 2 N–H and O–H groups in total.